The zero-order chi connectivity index (χ0) is 23.1. The SMILES string of the molecule is CCC(=O)N1[C@@H](C)[C@](C#N)(c2ccc(Cl)cc2F)[C@@H](c2cccc(Cl)c2F)[C@@H]1C(=O)O. The first kappa shape index (κ1) is 23.0. The summed E-state index contributed by atoms with van der Waals surface area (Å²) >= 11 is 11.8. The van der Waals surface area contributed by atoms with E-state index in [0.29, 0.717) is 0 Å². The Bertz CT molecular complexity index is 1100. The van der Waals surface area contributed by atoms with Gasteiger partial charge < -0.3 is 10.0 Å². The van der Waals surface area contributed by atoms with E-state index in [1.54, 1.807) is 0 Å². The predicted molar refractivity (Wildman–Crippen MR) is 111 cm³/mol. The molecule has 0 aliphatic carbocycles. The Balaban J connectivity index is 2.44. The molecule has 0 spiro atoms. The lowest BCUT2D eigenvalue weighted by Crippen LogP contribution is -2.46. The first-order valence-electron chi connectivity index (χ1n) is 9.46. The fraction of sp³-hybridized carbons (Fsp3) is 0.318. The molecule has 0 unspecified atom stereocenters. The zero-order valence-corrected chi connectivity index (χ0v) is 18.1. The monoisotopic (exact) mass is 466 g/mol. The van der Waals surface area contributed by atoms with Crippen molar-refractivity contribution in [3.63, 3.8) is 0 Å². The minimum Gasteiger partial charge on any atom is -0.480 e. The molecule has 1 aliphatic rings. The van der Waals surface area contributed by atoms with Crippen LogP contribution in [-0.4, -0.2) is 34.0 Å². The van der Waals surface area contributed by atoms with Gasteiger partial charge in [-0.05, 0) is 30.7 Å². The van der Waals surface area contributed by atoms with Gasteiger partial charge in [0, 0.05) is 22.9 Å². The molecule has 9 heteroatoms. The quantitative estimate of drug-likeness (QED) is 0.693. The molecule has 1 amide bonds. The van der Waals surface area contributed by atoms with Crippen molar-refractivity contribution in [3.8, 4) is 6.07 Å². The van der Waals surface area contributed by atoms with Crippen LogP contribution in [0.5, 0.6) is 0 Å². The fourth-order valence-corrected chi connectivity index (χ4v) is 4.90. The van der Waals surface area contributed by atoms with Gasteiger partial charge in [0.1, 0.15) is 23.1 Å². The van der Waals surface area contributed by atoms with Crippen LogP contribution in [0.1, 0.15) is 37.3 Å². The van der Waals surface area contributed by atoms with Crippen LogP contribution in [0.2, 0.25) is 10.0 Å². The Kier molecular flexibility index (Phi) is 6.26. The minimum atomic E-state index is -1.92. The number of hydrogen-bond donors (Lipinski definition) is 1. The number of carbonyl (C=O) groups excluding carboxylic acids is 1. The number of carbonyl (C=O) groups is 2. The molecule has 2 aromatic carbocycles. The summed E-state index contributed by atoms with van der Waals surface area (Å²) in [7, 11) is 0. The number of hydrogen-bond acceptors (Lipinski definition) is 3. The second kappa shape index (κ2) is 8.45. The van der Waals surface area contributed by atoms with Gasteiger partial charge >= 0.3 is 5.97 Å². The van der Waals surface area contributed by atoms with Crippen molar-refractivity contribution in [2.24, 2.45) is 0 Å². The standard InChI is InChI=1S/C22H18Cl2F2N2O3/c1-3-17(29)28-11(2)22(10-27,14-8-7-12(23)9-16(14)25)18(20(28)21(30)31)13-5-4-6-15(24)19(13)26/h4-9,11,18,20H,3H2,1-2H3,(H,30,31)/t11-,18-,20+,22+/m0/s1. The smallest absolute Gasteiger partial charge is 0.327 e. The van der Waals surface area contributed by atoms with Crippen molar-refractivity contribution in [1.29, 1.82) is 5.26 Å². The molecular weight excluding hydrogens is 449 g/mol. The molecule has 0 aromatic heterocycles. The molecule has 0 bridgehead atoms. The summed E-state index contributed by atoms with van der Waals surface area (Å²) in [5, 5.41) is 20.2. The number of carboxylic acids is 1. The van der Waals surface area contributed by atoms with Crippen LogP contribution >= 0.6 is 23.2 Å². The minimum absolute atomic E-state index is 0.0521. The fourth-order valence-electron chi connectivity index (χ4n) is 4.56. The molecule has 162 valence electrons. The third-order valence-electron chi connectivity index (χ3n) is 5.90. The van der Waals surface area contributed by atoms with E-state index in [2.05, 4.69) is 0 Å². The topological polar surface area (TPSA) is 81.4 Å². The molecule has 0 saturated carbocycles. The lowest BCUT2D eigenvalue weighted by molar-refractivity contribution is -0.149. The van der Waals surface area contributed by atoms with E-state index in [-0.39, 0.29) is 27.6 Å². The zero-order valence-electron chi connectivity index (χ0n) is 16.6. The normalized spacial score (nSPS) is 25.3. The molecule has 0 radical (unpaired) electrons. The molecule has 1 heterocycles. The van der Waals surface area contributed by atoms with Gasteiger partial charge in [-0.1, -0.05) is 48.3 Å². The van der Waals surface area contributed by atoms with Gasteiger partial charge in [-0.15, -0.1) is 0 Å². The molecule has 4 atom stereocenters. The maximum atomic E-state index is 15.1. The largest absolute Gasteiger partial charge is 0.480 e. The Hall–Kier alpha value is -2.69. The summed E-state index contributed by atoms with van der Waals surface area (Å²) in [5.41, 5.74) is -2.28. The first-order chi connectivity index (χ1) is 14.6. The number of likely N-dealkylation sites (tertiary alicyclic amines) is 1. The van der Waals surface area contributed by atoms with E-state index in [4.69, 9.17) is 23.2 Å². The van der Waals surface area contributed by atoms with Crippen LogP contribution in [0.3, 0.4) is 0 Å². The van der Waals surface area contributed by atoms with Crippen LogP contribution in [-0.2, 0) is 15.0 Å². The van der Waals surface area contributed by atoms with Gasteiger partial charge in [0.2, 0.25) is 5.91 Å². The third kappa shape index (κ3) is 3.44. The van der Waals surface area contributed by atoms with Crippen molar-refractivity contribution in [3.05, 3.63) is 69.2 Å². The van der Waals surface area contributed by atoms with Crippen molar-refractivity contribution in [2.75, 3.05) is 0 Å². The number of carboxylic acid groups (broad SMARTS) is 1. The maximum Gasteiger partial charge on any atom is 0.327 e. The molecule has 3 rings (SSSR count). The highest BCUT2D eigenvalue weighted by Crippen LogP contribution is 2.54. The predicted octanol–water partition coefficient (Wildman–Crippen LogP) is 4.91. The number of nitriles is 1. The Morgan fingerprint density at radius 2 is 1.94 bits per heavy atom. The van der Waals surface area contributed by atoms with E-state index in [0.717, 1.165) is 11.0 Å². The second-order valence-electron chi connectivity index (χ2n) is 7.34. The van der Waals surface area contributed by atoms with Crippen molar-refractivity contribution in [2.45, 2.75) is 43.7 Å². The maximum absolute atomic E-state index is 15.1. The average Bonchev–Trinajstić information content (AvgIpc) is 2.99. The molecule has 1 fully saturated rings. The van der Waals surface area contributed by atoms with E-state index in [1.165, 1.54) is 44.2 Å². The molecule has 2 aromatic rings. The Labute approximate surface area is 187 Å². The van der Waals surface area contributed by atoms with Gasteiger partial charge in [0.15, 0.2) is 0 Å². The van der Waals surface area contributed by atoms with E-state index in [1.807, 2.05) is 6.07 Å². The van der Waals surface area contributed by atoms with Gasteiger partial charge in [0.05, 0.1) is 17.1 Å². The van der Waals surface area contributed by atoms with Gasteiger partial charge in [0.25, 0.3) is 0 Å². The number of nitrogens with zero attached hydrogens (tertiary/aromatic N) is 2. The number of amides is 1. The number of aliphatic carboxylic acids is 1. The summed E-state index contributed by atoms with van der Waals surface area (Å²) in [6.45, 7) is 3.00. The molecule has 1 aliphatic heterocycles. The van der Waals surface area contributed by atoms with Crippen LogP contribution in [0.15, 0.2) is 36.4 Å². The summed E-state index contributed by atoms with van der Waals surface area (Å²) in [4.78, 5) is 26.2. The molecule has 31 heavy (non-hydrogen) atoms. The number of halogens is 4. The van der Waals surface area contributed by atoms with E-state index in [9.17, 15) is 20.0 Å². The van der Waals surface area contributed by atoms with Gasteiger partial charge in [-0.2, -0.15) is 5.26 Å². The van der Waals surface area contributed by atoms with Crippen molar-refractivity contribution in [1.82, 2.24) is 4.90 Å². The second-order valence-corrected chi connectivity index (χ2v) is 8.18. The number of benzene rings is 2. The van der Waals surface area contributed by atoms with Crippen LogP contribution in [0.4, 0.5) is 8.78 Å². The lowest BCUT2D eigenvalue weighted by Gasteiger charge is -2.33. The average molecular weight is 467 g/mol. The highest BCUT2D eigenvalue weighted by Gasteiger charge is 2.64. The first-order valence-corrected chi connectivity index (χ1v) is 10.2. The van der Waals surface area contributed by atoms with Crippen molar-refractivity contribution >= 4 is 35.1 Å². The third-order valence-corrected chi connectivity index (χ3v) is 6.43. The molecule has 1 saturated heterocycles. The molecular formula is C22H18Cl2F2N2O3. The van der Waals surface area contributed by atoms with E-state index >= 15 is 8.78 Å². The number of rotatable bonds is 4. The summed E-state index contributed by atoms with van der Waals surface area (Å²) < 4.78 is 30.2. The van der Waals surface area contributed by atoms with Crippen LogP contribution in [0.25, 0.3) is 0 Å². The lowest BCUT2D eigenvalue weighted by atomic mass is 9.65. The van der Waals surface area contributed by atoms with Crippen LogP contribution < -0.4 is 0 Å². The molecule has 5 nitrogen and oxygen atoms in total. The summed E-state index contributed by atoms with van der Waals surface area (Å²) in [6.07, 6.45) is -0.0521. The van der Waals surface area contributed by atoms with Gasteiger partial charge in [-0.3, -0.25) is 4.79 Å². The highest BCUT2D eigenvalue weighted by molar-refractivity contribution is 6.31. The Morgan fingerprint density at radius 1 is 1.26 bits per heavy atom. The van der Waals surface area contributed by atoms with Crippen molar-refractivity contribution < 1.29 is 23.5 Å². The summed E-state index contributed by atoms with van der Waals surface area (Å²) in [6, 6.07) is 6.94. The summed E-state index contributed by atoms with van der Waals surface area (Å²) in [5.74, 6) is -5.21. The van der Waals surface area contributed by atoms with E-state index < -0.39 is 46.9 Å². The highest BCUT2D eigenvalue weighted by atomic mass is 35.5. The van der Waals surface area contributed by atoms with Crippen LogP contribution in [0, 0.1) is 23.0 Å². The molecule has 1 N–H and O–H groups in total. The van der Waals surface area contributed by atoms with Gasteiger partial charge in [-0.25, -0.2) is 13.6 Å². The Morgan fingerprint density at radius 3 is 2.48 bits per heavy atom.